The molecule has 4 N–H and O–H groups in total. The van der Waals surface area contributed by atoms with Crippen molar-refractivity contribution in [3.05, 3.63) is 88.4 Å². The Hall–Kier alpha value is -6.91. The van der Waals surface area contributed by atoms with Crippen molar-refractivity contribution < 1.29 is 47.0 Å². The number of aromatic nitrogens is 2. The van der Waals surface area contributed by atoms with E-state index < -0.39 is 47.8 Å². The number of piperidine rings is 1. The molecular weight excluding hydrogens is 1030 g/mol. The van der Waals surface area contributed by atoms with Crippen molar-refractivity contribution in [3.8, 4) is 11.9 Å². The highest BCUT2D eigenvalue weighted by atomic mass is 32.2. The standard InChI is InChI=1S/C54H67F2N13O8S/c1-32(59-3)50(72)64-47(54(74)68-17-6-7-42(68)52-63-41(31-78-52)48(71)35-8-10-36(55)11-9-35)34-14-18-67(19-15-34)22-24-76-26-25-75-23-16-45(70)65(4)20-21-69-43(28-57)46-40-29-60-49(58)51(62-40)77-33(2)39-27-37(56)12-13-38(39)53(73)66(5)44(46)30-61-69/h8-13,27,29-30,32-34,41-42,44,47,59H,6-7,14-26,31H2,1-5H3,(H2,58,60)(H,64,72)/t32-,33+,41?,42-,44?,47-/m0/s1. The third kappa shape index (κ3) is 13.3. The van der Waals surface area contributed by atoms with Crippen LogP contribution in [0.1, 0.15) is 84.0 Å². The fourth-order valence-corrected chi connectivity index (χ4v) is 11.3. The third-order valence-corrected chi connectivity index (χ3v) is 16.0. The van der Waals surface area contributed by atoms with Crippen LogP contribution in [0.25, 0.3) is 5.57 Å². The first-order valence-electron chi connectivity index (χ1n) is 26.3. The van der Waals surface area contributed by atoms with Crippen LogP contribution in [0.2, 0.25) is 0 Å². The number of nitrogens with one attached hydrogen (secondary N) is 2. The number of aliphatic imine (C=N–C) groups is 1. The van der Waals surface area contributed by atoms with E-state index in [1.807, 2.05) is 4.90 Å². The van der Waals surface area contributed by atoms with Crippen LogP contribution in [0.4, 0.5) is 14.6 Å². The normalized spacial score (nSPS) is 21.4. The van der Waals surface area contributed by atoms with Crippen molar-refractivity contribution in [1.29, 1.82) is 5.26 Å². The lowest BCUT2D eigenvalue weighted by Gasteiger charge is -2.38. The number of ketones is 1. The average Bonchev–Trinajstić information content (AvgIpc) is 4.19. The van der Waals surface area contributed by atoms with E-state index >= 15 is 0 Å². The predicted molar refractivity (Wildman–Crippen MR) is 288 cm³/mol. The molecular formula is C54H67F2N13O8S. The first-order valence-corrected chi connectivity index (χ1v) is 27.3. The third-order valence-electron chi connectivity index (χ3n) is 14.9. The van der Waals surface area contributed by atoms with Crippen molar-refractivity contribution in [3.63, 3.8) is 0 Å². The number of nitrogens with zero attached hydrogens (tertiary/aromatic N) is 10. The molecule has 1 aromatic heterocycles. The summed E-state index contributed by atoms with van der Waals surface area (Å²) in [6.07, 6.45) is 5.03. The van der Waals surface area contributed by atoms with Crippen molar-refractivity contribution >= 4 is 63.8 Å². The fourth-order valence-electron chi connectivity index (χ4n) is 10.1. The molecule has 2 fully saturated rings. The van der Waals surface area contributed by atoms with Crippen LogP contribution >= 0.6 is 11.8 Å². The number of nitrogens with two attached hydrogens (primary N) is 1. The van der Waals surface area contributed by atoms with E-state index in [0.29, 0.717) is 75.5 Å². The number of halogens is 2. The number of carbonyl (C=O) groups excluding carboxylic acids is 5. The molecule has 5 aliphatic rings. The number of nitriles is 1. The lowest BCUT2D eigenvalue weighted by atomic mass is 9.88. The van der Waals surface area contributed by atoms with E-state index in [2.05, 4.69) is 36.7 Å². The van der Waals surface area contributed by atoms with Crippen LogP contribution in [-0.2, 0) is 23.9 Å². The smallest absolute Gasteiger partial charge is 0.258 e. The molecule has 0 aliphatic carbocycles. The number of hydrazone groups is 1. The van der Waals surface area contributed by atoms with Gasteiger partial charge in [0.25, 0.3) is 11.8 Å². The predicted octanol–water partition coefficient (Wildman–Crippen LogP) is 3.54. The molecule has 2 unspecified atom stereocenters. The number of allylic oxidation sites excluding steroid dienone is 1. The Balaban J connectivity index is 0.768. The summed E-state index contributed by atoms with van der Waals surface area (Å²) >= 11 is 1.48. The van der Waals surface area contributed by atoms with Crippen LogP contribution in [0.15, 0.2) is 64.5 Å². The second-order valence-electron chi connectivity index (χ2n) is 19.9. The van der Waals surface area contributed by atoms with Gasteiger partial charge in [-0.05, 0) is 108 Å². The van der Waals surface area contributed by atoms with Crippen LogP contribution in [0.5, 0.6) is 5.88 Å². The minimum Gasteiger partial charge on any atom is -0.467 e. The Morgan fingerprint density at radius 2 is 1.74 bits per heavy atom. The Bertz CT molecular complexity index is 2840. The van der Waals surface area contributed by atoms with Crippen LogP contribution < -0.4 is 21.1 Å². The molecule has 0 saturated carbocycles. The summed E-state index contributed by atoms with van der Waals surface area (Å²) in [5.41, 5.74) is 7.61. The number of benzene rings is 2. The maximum absolute atomic E-state index is 14.5. The van der Waals surface area contributed by atoms with Gasteiger partial charge in [0.15, 0.2) is 11.6 Å². The summed E-state index contributed by atoms with van der Waals surface area (Å²) in [6, 6.07) is 8.45. The van der Waals surface area contributed by atoms with Crippen LogP contribution in [-0.4, -0.2) is 198 Å². The van der Waals surface area contributed by atoms with Crippen LogP contribution in [0, 0.1) is 28.9 Å². The van der Waals surface area contributed by atoms with Gasteiger partial charge in [-0.1, -0.05) is 0 Å². The number of likely N-dealkylation sites (N-methyl/N-ethyl adjacent to an activating group) is 3. The molecule has 3 aromatic rings. The Morgan fingerprint density at radius 3 is 2.47 bits per heavy atom. The van der Waals surface area contributed by atoms with Crippen molar-refractivity contribution in [2.45, 2.75) is 82.3 Å². The summed E-state index contributed by atoms with van der Waals surface area (Å²) in [7, 11) is 4.90. The SMILES string of the molecule is CN[C@@H](C)C(=O)N[C@H](C(=O)N1CCC[C@H]1C1=NC(C(=O)c2ccc(F)cc2)CS1)C1CCN(CCOCCOCCC(=O)N(C)CCN2N=CC3C(=C2C#N)c2cnc(N)c(n2)O[C@H](C)c2cc(F)ccc2C(=O)N3C)CC1. The molecule has 2 bridgehead atoms. The number of likely N-dealkylation sites (tertiary alicyclic amines) is 2. The second kappa shape index (κ2) is 26.2. The van der Waals surface area contributed by atoms with Gasteiger partial charge in [-0.2, -0.15) is 10.4 Å². The first-order chi connectivity index (χ1) is 37.6. The lowest BCUT2D eigenvalue weighted by molar-refractivity contribution is -0.138. The maximum atomic E-state index is 14.5. The van der Waals surface area contributed by atoms with Gasteiger partial charge < -0.3 is 50.2 Å². The van der Waals surface area contributed by atoms with E-state index in [0.717, 1.165) is 11.5 Å². The summed E-state index contributed by atoms with van der Waals surface area (Å²) in [5, 5.41) is 23.3. The number of amides is 4. The van der Waals surface area contributed by atoms with Crippen molar-refractivity contribution in [1.82, 2.24) is 45.2 Å². The molecule has 0 radical (unpaired) electrons. The molecule has 6 heterocycles. The van der Waals surface area contributed by atoms with Gasteiger partial charge in [0.1, 0.15) is 41.6 Å². The molecule has 416 valence electrons. The van der Waals surface area contributed by atoms with Gasteiger partial charge in [0.2, 0.25) is 17.7 Å². The van der Waals surface area contributed by atoms with E-state index in [4.69, 9.17) is 24.9 Å². The fraction of sp³-hybridized carbons (Fsp3) is 0.519. The number of rotatable bonds is 20. The molecule has 8 rings (SSSR count). The van der Waals surface area contributed by atoms with Gasteiger partial charge in [-0.25, -0.2) is 18.7 Å². The molecule has 78 heavy (non-hydrogen) atoms. The Kier molecular flexibility index (Phi) is 19.2. The summed E-state index contributed by atoms with van der Waals surface area (Å²) in [4.78, 5) is 88.8. The number of hydrogen-bond donors (Lipinski definition) is 3. The highest BCUT2D eigenvalue weighted by Crippen LogP contribution is 2.36. The first kappa shape index (κ1) is 57.3. The van der Waals surface area contributed by atoms with E-state index in [1.54, 1.807) is 35.0 Å². The van der Waals surface area contributed by atoms with Crippen LogP contribution in [0.3, 0.4) is 0 Å². The number of fused-ring (bicyclic) bond motifs is 5. The lowest BCUT2D eigenvalue weighted by Crippen LogP contribution is -2.58. The highest BCUT2D eigenvalue weighted by molar-refractivity contribution is 8.14. The molecule has 4 amide bonds. The zero-order valence-corrected chi connectivity index (χ0v) is 45.3. The second-order valence-corrected chi connectivity index (χ2v) is 20.9. The monoisotopic (exact) mass is 1100 g/mol. The number of nitrogen functional groups attached to an aromatic ring is 1. The van der Waals surface area contributed by atoms with E-state index in [1.165, 1.54) is 81.4 Å². The summed E-state index contributed by atoms with van der Waals surface area (Å²) < 4.78 is 45.6. The number of ether oxygens (including phenoxy) is 3. The van der Waals surface area contributed by atoms with Crippen molar-refractivity contribution in [2.24, 2.45) is 16.0 Å². The quantitative estimate of drug-likeness (QED) is 0.108. The molecule has 6 atom stereocenters. The number of thioether (sulfide) groups is 1. The minimum absolute atomic E-state index is 0.0345. The van der Waals surface area contributed by atoms with Gasteiger partial charge >= 0.3 is 0 Å². The topological polar surface area (TPSA) is 254 Å². The number of hydrogen-bond acceptors (Lipinski definition) is 18. The van der Waals surface area contributed by atoms with Crippen molar-refractivity contribution in [2.75, 3.05) is 98.3 Å². The zero-order valence-electron chi connectivity index (χ0n) is 44.5. The molecule has 24 heteroatoms. The number of anilines is 1. The summed E-state index contributed by atoms with van der Waals surface area (Å²) in [5.74, 6) is -1.94. The largest absolute Gasteiger partial charge is 0.467 e. The highest BCUT2D eigenvalue weighted by Gasteiger charge is 2.43. The Morgan fingerprint density at radius 1 is 1.01 bits per heavy atom. The van der Waals surface area contributed by atoms with Gasteiger partial charge in [-0.3, -0.25) is 34.0 Å². The Labute approximate surface area is 456 Å². The zero-order chi connectivity index (χ0) is 55.6. The number of carbonyl (C=O) groups is 5. The number of Topliss-reactive ketones (excluding diaryl/α,β-unsaturated/α-hetero) is 1. The minimum atomic E-state index is -0.883. The van der Waals surface area contributed by atoms with Gasteiger partial charge in [-0.15, -0.1) is 11.8 Å². The molecule has 0 spiro atoms. The molecule has 5 aliphatic heterocycles. The summed E-state index contributed by atoms with van der Waals surface area (Å²) in [6.45, 7) is 7.55. The molecule has 2 aromatic carbocycles. The van der Waals surface area contributed by atoms with E-state index in [9.17, 15) is 38.0 Å². The van der Waals surface area contributed by atoms with Gasteiger partial charge in [0, 0.05) is 61.7 Å². The maximum Gasteiger partial charge on any atom is 0.258 e. The molecule has 2 saturated heterocycles. The van der Waals surface area contributed by atoms with Gasteiger partial charge in [0.05, 0.1) is 80.7 Å². The average molecular weight is 1100 g/mol. The molecule has 21 nitrogen and oxygen atoms in total. The van der Waals surface area contributed by atoms with E-state index in [-0.39, 0.29) is 102 Å².